The number of nitrogens with two attached hydrogens (primary N) is 1. The Morgan fingerprint density at radius 3 is 2.81 bits per heavy atom. The van der Waals surface area contributed by atoms with Crippen LogP contribution in [0.25, 0.3) is 0 Å². The standard InChI is InChI=1S/C14H12BN3O3/c15-14(20)18-11-3-1-2-9(4-11)8-21-12-5-10(13(16)19)6-17-7-12/h1-7H,8H2,(H2,16,19)(H,18,20). The Hall–Kier alpha value is -2.83. The summed E-state index contributed by atoms with van der Waals surface area (Å²) in [5, 5.41) is 2.48. The molecule has 7 heteroatoms. The number of rotatable bonds is 5. The van der Waals surface area contributed by atoms with Crippen molar-refractivity contribution >= 4 is 25.2 Å². The van der Waals surface area contributed by atoms with Crippen LogP contribution in [0.5, 0.6) is 5.75 Å². The number of hydrogen-bond acceptors (Lipinski definition) is 4. The molecule has 3 N–H and O–H groups in total. The number of nitrogens with one attached hydrogen (secondary N) is 1. The molecular formula is C14H12BN3O3. The molecule has 0 bridgehead atoms. The highest BCUT2D eigenvalue weighted by Crippen LogP contribution is 2.15. The molecule has 0 atom stereocenters. The zero-order valence-corrected chi connectivity index (χ0v) is 11.1. The average molecular weight is 281 g/mol. The smallest absolute Gasteiger partial charge is 0.250 e. The topological polar surface area (TPSA) is 94.3 Å². The maximum atomic E-state index is 11.0. The lowest BCUT2D eigenvalue weighted by Gasteiger charge is -2.08. The normalized spacial score (nSPS) is 9.90. The van der Waals surface area contributed by atoms with E-state index in [0.717, 1.165) is 5.56 Å². The van der Waals surface area contributed by atoms with E-state index >= 15 is 0 Å². The van der Waals surface area contributed by atoms with E-state index in [1.807, 2.05) is 6.07 Å². The van der Waals surface area contributed by atoms with Crippen molar-refractivity contribution in [2.75, 3.05) is 5.32 Å². The van der Waals surface area contributed by atoms with Crippen molar-refractivity contribution in [3.63, 3.8) is 0 Å². The van der Waals surface area contributed by atoms with Crippen molar-refractivity contribution in [2.45, 2.75) is 6.61 Å². The van der Waals surface area contributed by atoms with Crippen LogP contribution in [-0.4, -0.2) is 24.5 Å². The minimum absolute atomic E-state index is 0.248. The summed E-state index contributed by atoms with van der Waals surface area (Å²) in [6, 6.07) is 8.56. The van der Waals surface area contributed by atoms with Crippen LogP contribution < -0.4 is 15.8 Å². The molecule has 6 nitrogen and oxygen atoms in total. The Morgan fingerprint density at radius 1 is 1.29 bits per heavy atom. The predicted molar refractivity (Wildman–Crippen MR) is 78.3 cm³/mol. The van der Waals surface area contributed by atoms with Crippen molar-refractivity contribution in [3.8, 4) is 5.75 Å². The third kappa shape index (κ3) is 4.34. The van der Waals surface area contributed by atoms with Gasteiger partial charge in [0.15, 0.2) is 5.81 Å². The van der Waals surface area contributed by atoms with Gasteiger partial charge in [-0.1, -0.05) is 12.1 Å². The second-order valence-electron chi connectivity index (χ2n) is 4.25. The van der Waals surface area contributed by atoms with Gasteiger partial charge in [-0.25, -0.2) is 0 Å². The number of benzene rings is 1. The SMILES string of the molecule is [B]C(=O)Nc1cccc(COc2cncc(C(N)=O)c2)c1. The molecule has 104 valence electrons. The highest BCUT2D eigenvalue weighted by Gasteiger charge is 2.04. The molecule has 2 amide bonds. The number of carbonyl (C=O) groups excluding carboxylic acids is 2. The van der Waals surface area contributed by atoms with E-state index in [1.54, 1.807) is 18.2 Å². The zero-order chi connectivity index (χ0) is 15.2. The molecule has 0 aliphatic rings. The fraction of sp³-hybridized carbons (Fsp3) is 0.0714. The van der Waals surface area contributed by atoms with Gasteiger partial charge in [0.05, 0.1) is 11.8 Å². The molecule has 2 rings (SSSR count). The summed E-state index contributed by atoms with van der Waals surface area (Å²) in [4.78, 5) is 25.7. The Kier molecular flexibility index (Phi) is 4.55. The third-order valence-electron chi connectivity index (χ3n) is 2.60. The molecule has 0 spiro atoms. The number of carbonyl (C=O) groups is 2. The van der Waals surface area contributed by atoms with Crippen molar-refractivity contribution < 1.29 is 14.3 Å². The molecule has 2 radical (unpaired) electrons. The second-order valence-corrected chi connectivity index (χ2v) is 4.25. The minimum Gasteiger partial charge on any atom is -0.487 e. The van der Waals surface area contributed by atoms with Crippen LogP contribution in [0.1, 0.15) is 15.9 Å². The Bertz CT molecular complexity index is 676. The number of pyridine rings is 1. The van der Waals surface area contributed by atoms with Crippen LogP contribution in [0.2, 0.25) is 0 Å². The number of anilines is 1. The first-order chi connectivity index (χ1) is 10.0. The van der Waals surface area contributed by atoms with Gasteiger partial charge in [-0.15, -0.1) is 0 Å². The Balaban J connectivity index is 2.04. The lowest BCUT2D eigenvalue weighted by molar-refractivity contribution is 0.0999. The van der Waals surface area contributed by atoms with Gasteiger partial charge in [0.2, 0.25) is 13.8 Å². The molecule has 0 fully saturated rings. The maximum absolute atomic E-state index is 11.0. The first kappa shape index (κ1) is 14.6. The first-order valence-electron chi connectivity index (χ1n) is 6.07. The molecular weight excluding hydrogens is 269 g/mol. The van der Waals surface area contributed by atoms with Crippen molar-refractivity contribution in [1.82, 2.24) is 4.98 Å². The Labute approximate surface area is 122 Å². The summed E-state index contributed by atoms with van der Waals surface area (Å²) >= 11 is 0. The molecule has 0 aliphatic heterocycles. The molecule has 21 heavy (non-hydrogen) atoms. The van der Waals surface area contributed by atoms with Crippen LogP contribution in [0.15, 0.2) is 42.7 Å². The van der Waals surface area contributed by atoms with Crippen LogP contribution in [0.3, 0.4) is 0 Å². The van der Waals surface area contributed by atoms with E-state index < -0.39 is 11.7 Å². The van der Waals surface area contributed by atoms with E-state index in [1.165, 1.54) is 18.5 Å². The molecule has 0 saturated heterocycles. The summed E-state index contributed by atoms with van der Waals surface area (Å²) in [7, 11) is 5.05. The van der Waals surface area contributed by atoms with E-state index in [0.29, 0.717) is 11.4 Å². The summed E-state index contributed by atoms with van der Waals surface area (Å²) in [5.41, 5.74) is 6.85. The van der Waals surface area contributed by atoms with Crippen molar-refractivity contribution in [2.24, 2.45) is 5.73 Å². The summed E-state index contributed by atoms with van der Waals surface area (Å²) in [5.74, 6) is -0.772. The van der Waals surface area contributed by atoms with Crippen LogP contribution in [-0.2, 0) is 6.61 Å². The molecule has 1 aromatic heterocycles. The van der Waals surface area contributed by atoms with Gasteiger partial charge in [0, 0.05) is 11.9 Å². The number of hydrogen-bond donors (Lipinski definition) is 2. The van der Waals surface area contributed by atoms with Gasteiger partial charge in [-0.2, -0.15) is 0 Å². The first-order valence-corrected chi connectivity index (χ1v) is 6.07. The van der Waals surface area contributed by atoms with Crippen molar-refractivity contribution in [3.05, 3.63) is 53.9 Å². The van der Waals surface area contributed by atoms with Crippen LogP contribution in [0.4, 0.5) is 10.5 Å². The molecule has 1 aromatic carbocycles. The van der Waals surface area contributed by atoms with Crippen LogP contribution >= 0.6 is 0 Å². The minimum atomic E-state index is -0.633. The molecule has 2 aromatic rings. The third-order valence-corrected chi connectivity index (χ3v) is 2.60. The number of ether oxygens (including phenoxy) is 1. The summed E-state index contributed by atoms with van der Waals surface area (Å²) in [6.07, 6.45) is 2.85. The highest BCUT2D eigenvalue weighted by atomic mass is 16.5. The van der Waals surface area contributed by atoms with E-state index in [9.17, 15) is 9.59 Å². The fourth-order valence-corrected chi connectivity index (χ4v) is 1.68. The van der Waals surface area contributed by atoms with E-state index in [4.69, 9.17) is 18.3 Å². The fourth-order valence-electron chi connectivity index (χ4n) is 1.68. The summed E-state index contributed by atoms with van der Waals surface area (Å²) in [6.45, 7) is 0.248. The summed E-state index contributed by atoms with van der Waals surface area (Å²) < 4.78 is 5.53. The maximum Gasteiger partial charge on any atom is 0.250 e. The van der Waals surface area contributed by atoms with E-state index in [-0.39, 0.29) is 12.2 Å². The number of nitrogens with zero attached hydrogens (tertiary/aromatic N) is 1. The lowest BCUT2D eigenvalue weighted by Crippen LogP contribution is -2.11. The second kappa shape index (κ2) is 6.56. The zero-order valence-electron chi connectivity index (χ0n) is 11.1. The number of amides is 2. The Morgan fingerprint density at radius 2 is 2.10 bits per heavy atom. The lowest BCUT2D eigenvalue weighted by atomic mass is 10.1. The van der Waals surface area contributed by atoms with Gasteiger partial charge in [-0.05, 0) is 23.8 Å². The van der Waals surface area contributed by atoms with E-state index in [2.05, 4.69) is 10.3 Å². The van der Waals surface area contributed by atoms with Gasteiger partial charge in [0.1, 0.15) is 12.4 Å². The number of primary amides is 1. The average Bonchev–Trinajstić information content (AvgIpc) is 2.45. The molecule has 0 unspecified atom stereocenters. The van der Waals surface area contributed by atoms with Gasteiger partial charge < -0.3 is 15.8 Å². The number of aromatic nitrogens is 1. The molecule has 0 aliphatic carbocycles. The van der Waals surface area contributed by atoms with Gasteiger partial charge in [-0.3, -0.25) is 14.6 Å². The molecule has 0 saturated carbocycles. The largest absolute Gasteiger partial charge is 0.487 e. The predicted octanol–water partition coefficient (Wildman–Crippen LogP) is 1.46. The molecule has 1 heterocycles. The highest BCUT2D eigenvalue weighted by molar-refractivity contribution is 6.60. The van der Waals surface area contributed by atoms with Gasteiger partial charge in [0.25, 0.3) is 0 Å². The monoisotopic (exact) mass is 281 g/mol. The van der Waals surface area contributed by atoms with Crippen molar-refractivity contribution in [1.29, 1.82) is 0 Å². The van der Waals surface area contributed by atoms with Crippen LogP contribution in [0, 0.1) is 0 Å². The quantitative estimate of drug-likeness (QED) is 0.811. The van der Waals surface area contributed by atoms with Gasteiger partial charge >= 0.3 is 0 Å².